The van der Waals surface area contributed by atoms with Gasteiger partial charge in [-0.1, -0.05) is 6.07 Å². The second kappa shape index (κ2) is 5.50. The summed E-state index contributed by atoms with van der Waals surface area (Å²) in [6.07, 6.45) is 0. The number of hydrogen-bond donors (Lipinski definition) is 4. The monoisotopic (exact) mass is 250 g/mol. The van der Waals surface area contributed by atoms with E-state index in [1.54, 1.807) is 24.3 Å². The van der Waals surface area contributed by atoms with Gasteiger partial charge < -0.3 is 22.1 Å². The molecule has 1 aromatic rings. The van der Waals surface area contributed by atoms with Crippen LogP contribution in [0.4, 0.5) is 10.5 Å². The second-order valence-corrected chi connectivity index (χ2v) is 4.61. The summed E-state index contributed by atoms with van der Waals surface area (Å²) in [5.74, 6) is -0.251. The van der Waals surface area contributed by atoms with Crippen LogP contribution in [0.5, 0.6) is 0 Å². The first-order valence-electron chi connectivity index (χ1n) is 5.53. The molecule has 0 aliphatic heterocycles. The number of urea groups is 1. The van der Waals surface area contributed by atoms with E-state index in [0.29, 0.717) is 17.8 Å². The Labute approximate surface area is 106 Å². The number of rotatable bonds is 4. The first-order valence-corrected chi connectivity index (χ1v) is 5.53. The predicted octanol–water partition coefficient (Wildman–Crippen LogP) is 0.644. The van der Waals surface area contributed by atoms with Gasteiger partial charge in [-0.2, -0.15) is 0 Å². The molecule has 0 unspecified atom stereocenters. The number of hydrogen-bond acceptors (Lipinski definition) is 3. The Hall–Kier alpha value is -2.08. The number of carbonyl (C=O) groups excluding carboxylic acids is 2. The van der Waals surface area contributed by atoms with E-state index in [1.807, 2.05) is 13.8 Å². The fourth-order valence-electron chi connectivity index (χ4n) is 1.31. The van der Waals surface area contributed by atoms with E-state index in [4.69, 9.17) is 11.5 Å². The summed E-state index contributed by atoms with van der Waals surface area (Å²) >= 11 is 0. The predicted molar refractivity (Wildman–Crippen MR) is 70.2 cm³/mol. The number of benzene rings is 1. The van der Waals surface area contributed by atoms with E-state index in [9.17, 15) is 9.59 Å². The van der Waals surface area contributed by atoms with Crippen molar-refractivity contribution in [1.82, 2.24) is 5.32 Å². The minimum Gasteiger partial charge on any atom is -0.351 e. The van der Waals surface area contributed by atoms with E-state index in [-0.39, 0.29) is 5.91 Å². The Kier molecular flexibility index (Phi) is 4.28. The molecule has 0 saturated carbocycles. The number of primary amides is 1. The van der Waals surface area contributed by atoms with E-state index < -0.39 is 11.6 Å². The maximum Gasteiger partial charge on any atom is 0.316 e. The number of anilines is 1. The second-order valence-electron chi connectivity index (χ2n) is 4.61. The third-order valence-electron chi connectivity index (χ3n) is 2.35. The van der Waals surface area contributed by atoms with Crippen molar-refractivity contribution in [2.45, 2.75) is 19.4 Å². The van der Waals surface area contributed by atoms with Crippen LogP contribution in [0.1, 0.15) is 24.2 Å². The molecular formula is C12H18N4O2. The zero-order chi connectivity index (χ0) is 13.8. The van der Waals surface area contributed by atoms with E-state index in [1.165, 1.54) is 0 Å². The Bertz CT molecular complexity index is 457. The summed E-state index contributed by atoms with van der Waals surface area (Å²) in [6.45, 7) is 3.99. The Morgan fingerprint density at radius 3 is 2.56 bits per heavy atom. The molecule has 0 spiro atoms. The molecule has 1 rings (SSSR count). The Balaban J connectivity index is 2.83. The van der Waals surface area contributed by atoms with Crippen molar-refractivity contribution in [3.63, 3.8) is 0 Å². The largest absolute Gasteiger partial charge is 0.351 e. The quantitative estimate of drug-likeness (QED) is 0.629. The molecule has 6 heteroatoms. The van der Waals surface area contributed by atoms with Crippen LogP contribution < -0.4 is 22.1 Å². The molecule has 18 heavy (non-hydrogen) atoms. The van der Waals surface area contributed by atoms with Gasteiger partial charge in [0.1, 0.15) is 0 Å². The maximum absolute atomic E-state index is 11.9. The molecule has 0 atom stereocenters. The van der Waals surface area contributed by atoms with Crippen molar-refractivity contribution in [2.75, 3.05) is 11.9 Å². The molecule has 0 bridgehead atoms. The third-order valence-corrected chi connectivity index (χ3v) is 2.35. The van der Waals surface area contributed by atoms with Gasteiger partial charge in [-0.3, -0.25) is 4.79 Å². The Morgan fingerprint density at radius 2 is 2.00 bits per heavy atom. The van der Waals surface area contributed by atoms with Gasteiger partial charge in [0.25, 0.3) is 5.91 Å². The van der Waals surface area contributed by atoms with Crippen molar-refractivity contribution in [1.29, 1.82) is 0 Å². The van der Waals surface area contributed by atoms with Crippen molar-refractivity contribution in [3.05, 3.63) is 29.8 Å². The van der Waals surface area contributed by atoms with Gasteiger partial charge in [0.05, 0.1) is 0 Å². The van der Waals surface area contributed by atoms with Crippen molar-refractivity contribution >= 4 is 17.6 Å². The minimum atomic E-state index is -0.671. The average Bonchev–Trinajstić information content (AvgIpc) is 2.28. The normalized spacial score (nSPS) is 10.8. The van der Waals surface area contributed by atoms with Crippen LogP contribution >= 0.6 is 0 Å². The molecule has 0 radical (unpaired) electrons. The molecular weight excluding hydrogens is 232 g/mol. The van der Waals surface area contributed by atoms with Gasteiger partial charge in [-0.25, -0.2) is 4.79 Å². The highest BCUT2D eigenvalue weighted by molar-refractivity contribution is 5.97. The van der Waals surface area contributed by atoms with Crippen molar-refractivity contribution in [3.8, 4) is 0 Å². The van der Waals surface area contributed by atoms with Crippen LogP contribution in [-0.2, 0) is 0 Å². The lowest BCUT2D eigenvalue weighted by Gasteiger charge is -2.24. The summed E-state index contributed by atoms with van der Waals surface area (Å²) in [5, 5.41) is 5.21. The van der Waals surface area contributed by atoms with Gasteiger partial charge in [-0.15, -0.1) is 0 Å². The SMILES string of the molecule is CC(C)(CN)NC(=O)c1cccc(NC(N)=O)c1. The lowest BCUT2D eigenvalue weighted by Crippen LogP contribution is -2.48. The molecule has 0 aliphatic rings. The Morgan fingerprint density at radius 1 is 1.33 bits per heavy atom. The van der Waals surface area contributed by atoms with Crippen LogP contribution in [-0.4, -0.2) is 24.0 Å². The maximum atomic E-state index is 11.9. The molecule has 0 fully saturated rings. The summed E-state index contributed by atoms with van der Waals surface area (Å²) in [6, 6.07) is 5.83. The standard InChI is InChI=1S/C12H18N4O2/c1-12(2,7-13)16-10(17)8-4-3-5-9(6-8)15-11(14)18/h3-6H,7,13H2,1-2H3,(H,16,17)(H3,14,15,18). The van der Waals surface area contributed by atoms with Gasteiger partial charge >= 0.3 is 6.03 Å². The third kappa shape index (κ3) is 4.06. The fraction of sp³-hybridized carbons (Fsp3) is 0.333. The van der Waals surface area contributed by atoms with Crippen LogP contribution in [0, 0.1) is 0 Å². The molecule has 6 nitrogen and oxygen atoms in total. The van der Waals surface area contributed by atoms with E-state index in [0.717, 1.165) is 0 Å². The molecule has 3 amide bonds. The highest BCUT2D eigenvalue weighted by atomic mass is 16.2. The summed E-state index contributed by atoms with van der Waals surface area (Å²) < 4.78 is 0. The first-order chi connectivity index (χ1) is 8.34. The van der Waals surface area contributed by atoms with Gasteiger partial charge in [0.2, 0.25) is 0 Å². The summed E-state index contributed by atoms with van der Waals surface area (Å²) in [7, 11) is 0. The molecule has 0 aromatic heterocycles. The fourth-order valence-corrected chi connectivity index (χ4v) is 1.31. The number of nitrogens with one attached hydrogen (secondary N) is 2. The van der Waals surface area contributed by atoms with Crippen LogP contribution in [0.15, 0.2) is 24.3 Å². The number of nitrogens with two attached hydrogens (primary N) is 2. The smallest absolute Gasteiger partial charge is 0.316 e. The number of carbonyl (C=O) groups is 2. The van der Waals surface area contributed by atoms with E-state index in [2.05, 4.69) is 10.6 Å². The van der Waals surface area contributed by atoms with E-state index >= 15 is 0 Å². The van der Waals surface area contributed by atoms with Crippen LogP contribution in [0.3, 0.4) is 0 Å². The highest BCUT2D eigenvalue weighted by Crippen LogP contribution is 2.11. The molecule has 0 aliphatic carbocycles. The van der Waals surface area contributed by atoms with Crippen molar-refractivity contribution in [2.24, 2.45) is 11.5 Å². The van der Waals surface area contributed by atoms with Crippen LogP contribution in [0.25, 0.3) is 0 Å². The minimum absolute atomic E-state index is 0.251. The lowest BCUT2D eigenvalue weighted by atomic mass is 10.1. The number of amides is 3. The van der Waals surface area contributed by atoms with Gasteiger partial charge in [0, 0.05) is 23.3 Å². The molecule has 0 saturated heterocycles. The van der Waals surface area contributed by atoms with Gasteiger partial charge in [0.15, 0.2) is 0 Å². The molecule has 6 N–H and O–H groups in total. The molecule has 0 heterocycles. The first kappa shape index (κ1) is 14.0. The molecule has 1 aromatic carbocycles. The zero-order valence-corrected chi connectivity index (χ0v) is 10.5. The van der Waals surface area contributed by atoms with Gasteiger partial charge in [-0.05, 0) is 32.0 Å². The van der Waals surface area contributed by atoms with Crippen molar-refractivity contribution < 1.29 is 9.59 Å². The average molecular weight is 250 g/mol. The summed E-state index contributed by atoms with van der Waals surface area (Å²) in [4.78, 5) is 22.7. The zero-order valence-electron chi connectivity index (χ0n) is 10.5. The molecule has 98 valence electrons. The summed E-state index contributed by atoms with van der Waals surface area (Å²) in [5.41, 5.74) is 11.0. The lowest BCUT2D eigenvalue weighted by molar-refractivity contribution is 0.0915. The van der Waals surface area contributed by atoms with Crippen LogP contribution in [0.2, 0.25) is 0 Å². The highest BCUT2D eigenvalue weighted by Gasteiger charge is 2.19. The topological polar surface area (TPSA) is 110 Å².